The first-order valence-corrected chi connectivity index (χ1v) is 11.8. The molecule has 9 nitrogen and oxygen atoms in total. The van der Waals surface area contributed by atoms with Crippen LogP contribution < -0.4 is 19.9 Å². The van der Waals surface area contributed by atoms with Gasteiger partial charge in [0.15, 0.2) is 11.5 Å². The summed E-state index contributed by atoms with van der Waals surface area (Å²) in [7, 11) is 4.57. The Bertz CT molecular complexity index is 1230. The van der Waals surface area contributed by atoms with Crippen LogP contribution in [0.25, 0.3) is 0 Å². The highest BCUT2D eigenvalue weighted by Crippen LogP contribution is 2.40. The summed E-state index contributed by atoms with van der Waals surface area (Å²) in [6.45, 7) is 4.08. The molecule has 1 fully saturated rings. The van der Waals surface area contributed by atoms with E-state index in [4.69, 9.17) is 19.3 Å². The fourth-order valence-electron chi connectivity index (χ4n) is 4.70. The molecule has 0 bridgehead atoms. The summed E-state index contributed by atoms with van der Waals surface area (Å²) in [5, 5.41) is 4.71. The molecule has 0 atom stereocenters. The Labute approximate surface area is 204 Å². The number of aromatic nitrogens is 3. The maximum atomic E-state index is 13.3. The predicted octanol–water partition coefficient (Wildman–Crippen LogP) is 3.16. The lowest BCUT2D eigenvalue weighted by Crippen LogP contribution is -2.38. The second-order valence-electron chi connectivity index (χ2n) is 8.48. The number of ether oxygens (including phenoxy) is 3. The smallest absolute Gasteiger partial charge is 0.346 e. The first kappa shape index (κ1) is 24.4. The SMILES string of the molecule is CCn1c(C2CCN(C(=O)c3ccc(OC)c(OC)c3OC)CC2)nn(Cc2ccccc2)c1=O. The highest BCUT2D eigenvalue weighted by atomic mass is 16.5. The molecule has 2 heterocycles. The Hall–Kier alpha value is -3.75. The molecular weight excluding hydrogens is 448 g/mol. The summed E-state index contributed by atoms with van der Waals surface area (Å²) in [6.07, 6.45) is 1.45. The lowest BCUT2D eigenvalue weighted by molar-refractivity contribution is 0.0706. The van der Waals surface area contributed by atoms with Gasteiger partial charge in [0, 0.05) is 25.6 Å². The van der Waals surface area contributed by atoms with Crippen molar-refractivity contribution in [2.75, 3.05) is 34.4 Å². The number of piperidine rings is 1. The van der Waals surface area contributed by atoms with Crippen molar-refractivity contribution in [2.24, 2.45) is 0 Å². The minimum absolute atomic E-state index is 0.0973. The van der Waals surface area contributed by atoms with Crippen LogP contribution in [0.1, 0.15) is 47.4 Å². The Morgan fingerprint density at radius 2 is 1.66 bits per heavy atom. The summed E-state index contributed by atoms with van der Waals surface area (Å²) in [6, 6.07) is 13.3. The average molecular weight is 481 g/mol. The van der Waals surface area contributed by atoms with Gasteiger partial charge in [-0.05, 0) is 37.5 Å². The maximum absolute atomic E-state index is 13.3. The van der Waals surface area contributed by atoms with Gasteiger partial charge in [-0.15, -0.1) is 0 Å². The van der Waals surface area contributed by atoms with Crippen LogP contribution in [0, 0.1) is 0 Å². The van der Waals surface area contributed by atoms with Gasteiger partial charge in [0.2, 0.25) is 5.75 Å². The lowest BCUT2D eigenvalue weighted by Gasteiger charge is -2.32. The molecule has 4 rings (SSSR count). The van der Waals surface area contributed by atoms with E-state index in [0.29, 0.717) is 49.0 Å². The highest BCUT2D eigenvalue weighted by molar-refractivity contribution is 5.98. The molecule has 35 heavy (non-hydrogen) atoms. The van der Waals surface area contributed by atoms with E-state index in [1.807, 2.05) is 42.2 Å². The summed E-state index contributed by atoms with van der Waals surface area (Å²) >= 11 is 0. The van der Waals surface area contributed by atoms with Crippen molar-refractivity contribution in [1.29, 1.82) is 0 Å². The van der Waals surface area contributed by atoms with Crippen LogP contribution >= 0.6 is 0 Å². The Balaban J connectivity index is 1.51. The quantitative estimate of drug-likeness (QED) is 0.492. The van der Waals surface area contributed by atoms with Crippen LogP contribution in [0.3, 0.4) is 0 Å². The fraction of sp³-hybridized carbons (Fsp3) is 0.423. The van der Waals surface area contributed by atoms with Gasteiger partial charge in [0.25, 0.3) is 5.91 Å². The van der Waals surface area contributed by atoms with Gasteiger partial charge in [0.05, 0.1) is 33.4 Å². The molecule has 9 heteroatoms. The standard InChI is InChI=1S/C26H32N4O5/c1-5-29-24(27-30(26(29)32)17-18-9-7-6-8-10-18)19-13-15-28(16-14-19)25(31)20-11-12-21(33-2)23(35-4)22(20)34-3/h6-12,19H,5,13-17H2,1-4H3. The Morgan fingerprint density at radius 3 is 2.26 bits per heavy atom. The number of nitrogens with zero attached hydrogens (tertiary/aromatic N) is 4. The predicted molar refractivity (Wildman–Crippen MR) is 132 cm³/mol. The number of amides is 1. The van der Waals surface area contributed by atoms with Gasteiger partial charge in [-0.2, -0.15) is 5.10 Å². The van der Waals surface area contributed by atoms with E-state index in [1.165, 1.54) is 14.2 Å². The van der Waals surface area contributed by atoms with E-state index < -0.39 is 0 Å². The molecule has 1 aromatic heterocycles. The van der Waals surface area contributed by atoms with Crippen molar-refractivity contribution >= 4 is 5.91 Å². The average Bonchev–Trinajstić information content (AvgIpc) is 3.22. The summed E-state index contributed by atoms with van der Waals surface area (Å²) < 4.78 is 19.6. The van der Waals surface area contributed by atoms with Gasteiger partial charge in [0.1, 0.15) is 5.82 Å². The second-order valence-corrected chi connectivity index (χ2v) is 8.48. The van der Waals surface area contributed by atoms with E-state index in [2.05, 4.69) is 0 Å². The summed E-state index contributed by atoms with van der Waals surface area (Å²) in [4.78, 5) is 28.1. The number of benzene rings is 2. The van der Waals surface area contributed by atoms with Crippen molar-refractivity contribution in [3.05, 3.63) is 69.9 Å². The molecule has 2 aromatic carbocycles. The molecule has 0 aliphatic carbocycles. The van der Waals surface area contributed by atoms with E-state index >= 15 is 0 Å². The van der Waals surface area contributed by atoms with Gasteiger partial charge in [-0.1, -0.05) is 30.3 Å². The third-order valence-electron chi connectivity index (χ3n) is 6.52. The number of hydrogen-bond donors (Lipinski definition) is 0. The highest BCUT2D eigenvalue weighted by Gasteiger charge is 2.31. The number of rotatable bonds is 8. The molecule has 1 aliphatic rings. The summed E-state index contributed by atoms with van der Waals surface area (Å²) in [5.41, 5.74) is 1.37. The van der Waals surface area contributed by atoms with Crippen LogP contribution in [0.4, 0.5) is 0 Å². The zero-order valence-electron chi connectivity index (χ0n) is 20.7. The third kappa shape index (κ3) is 4.76. The molecule has 3 aromatic rings. The number of carbonyl (C=O) groups is 1. The van der Waals surface area contributed by atoms with Crippen LogP contribution in [-0.4, -0.2) is 59.6 Å². The Kier molecular flexibility index (Phi) is 7.43. The Morgan fingerprint density at radius 1 is 0.971 bits per heavy atom. The largest absolute Gasteiger partial charge is 0.493 e. The molecule has 0 N–H and O–H groups in total. The second kappa shape index (κ2) is 10.7. The number of hydrogen-bond acceptors (Lipinski definition) is 6. The van der Waals surface area contributed by atoms with E-state index in [0.717, 1.165) is 24.2 Å². The minimum Gasteiger partial charge on any atom is -0.493 e. The van der Waals surface area contributed by atoms with Crippen molar-refractivity contribution in [1.82, 2.24) is 19.2 Å². The zero-order chi connectivity index (χ0) is 24.9. The van der Waals surface area contributed by atoms with Crippen LogP contribution in [0.5, 0.6) is 17.2 Å². The van der Waals surface area contributed by atoms with Crippen molar-refractivity contribution in [3.63, 3.8) is 0 Å². The zero-order valence-corrected chi connectivity index (χ0v) is 20.7. The third-order valence-corrected chi connectivity index (χ3v) is 6.52. The molecule has 0 spiro atoms. The summed E-state index contributed by atoms with van der Waals surface area (Å²) in [5.74, 6) is 2.04. The fourth-order valence-corrected chi connectivity index (χ4v) is 4.70. The molecule has 0 unspecified atom stereocenters. The first-order valence-electron chi connectivity index (χ1n) is 11.8. The molecule has 1 amide bonds. The number of methoxy groups -OCH3 is 3. The van der Waals surface area contributed by atoms with E-state index in [9.17, 15) is 9.59 Å². The van der Waals surface area contributed by atoms with Gasteiger partial charge in [-0.25, -0.2) is 9.48 Å². The molecule has 0 saturated carbocycles. The molecule has 0 radical (unpaired) electrons. The number of likely N-dealkylation sites (tertiary alicyclic amines) is 1. The van der Waals surface area contributed by atoms with Crippen LogP contribution in [-0.2, 0) is 13.1 Å². The normalized spacial score (nSPS) is 14.1. The molecular formula is C26H32N4O5. The topological polar surface area (TPSA) is 87.8 Å². The molecule has 1 saturated heterocycles. The van der Waals surface area contributed by atoms with E-state index in [1.54, 1.807) is 28.5 Å². The van der Waals surface area contributed by atoms with Gasteiger partial charge < -0.3 is 19.1 Å². The van der Waals surface area contributed by atoms with E-state index in [-0.39, 0.29) is 17.5 Å². The van der Waals surface area contributed by atoms with Crippen LogP contribution in [0.15, 0.2) is 47.3 Å². The van der Waals surface area contributed by atoms with Gasteiger partial charge >= 0.3 is 5.69 Å². The molecule has 186 valence electrons. The monoisotopic (exact) mass is 480 g/mol. The van der Waals surface area contributed by atoms with Crippen LogP contribution in [0.2, 0.25) is 0 Å². The molecule has 1 aliphatic heterocycles. The number of carbonyl (C=O) groups excluding carboxylic acids is 1. The minimum atomic E-state index is -0.122. The maximum Gasteiger partial charge on any atom is 0.346 e. The van der Waals surface area contributed by atoms with Gasteiger partial charge in [-0.3, -0.25) is 9.36 Å². The van der Waals surface area contributed by atoms with Crippen molar-refractivity contribution in [3.8, 4) is 17.2 Å². The van der Waals surface area contributed by atoms with Crippen molar-refractivity contribution in [2.45, 2.75) is 38.8 Å². The first-order chi connectivity index (χ1) is 17.0. The lowest BCUT2D eigenvalue weighted by atomic mass is 9.95. The van der Waals surface area contributed by atoms with Crippen molar-refractivity contribution < 1.29 is 19.0 Å².